The van der Waals surface area contributed by atoms with E-state index in [2.05, 4.69) is 30.5 Å². The van der Waals surface area contributed by atoms with Crippen molar-refractivity contribution >= 4 is 11.8 Å². The Morgan fingerprint density at radius 2 is 1.65 bits per heavy atom. The van der Waals surface area contributed by atoms with Crippen molar-refractivity contribution in [2.24, 2.45) is 22.9 Å². The Bertz CT molecular complexity index is 2050. The van der Waals surface area contributed by atoms with Crippen molar-refractivity contribution in [3.8, 4) is 23.0 Å². The van der Waals surface area contributed by atoms with Crippen molar-refractivity contribution < 1.29 is 53.0 Å². The molecule has 4 aliphatic heterocycles. The molecule has 1 amide bonds. The third kappa shape index (κ3) is 13.8. The molecule has 0 bridgehead atoms. The number of aliphatic hydroxyl groups excluding tert-OH is 2. The average molecular weight is 986 g/mol. The van der Waals surface area contributed by atoms with Crippen LogP contribution in [0.2, 0.25) is 0 Å². The molecule has 0 radical (unpaired) electrons. The molecule has 14 nitrogen and oxygen atoms in total. The molecule has 1 saturated carbocycles. The fourth-order valence-corrected chi connectivity index (χ4v) is 11.6. The van der Waals surface area contributed by atoms with Crippen LogP contribution in [0.3, 0.4) is 0 Å². The van der Waals surface area contributed by atoms with Gasteiger partial charge in [0.2, 0.25) is 18.9 Å². The van der Waals surface area contributed by atoms with Crippen molar-refractivity contribution in [1.82, 2.24) is 9.80 Å². The van der Waals surface area contributed by atoms with Gasteiger partial charge in [-0.05, 0) is 98.2 Å². The third-order valence-corrected chi connectivity index (χ3v) is 15.4. The number of aliphatic hydroxyl groups is 2. The van der Waals surface area contributed by atoms with Gasteiger partial charge in [0.15, 0.2) is 11.5 Å². The molecule has 3 fully saturated rings. The summed E-state index contributed by atoms with van der Waals surface area (Å²) in [4.78, 5) is 25.7. The van der Waals surface area contributed by atoms with Crippen molar-refractivity contribution in [2.75, 3.05) is 66.1 Å². The van der Waals surface area contributed by atoms with E-state index in [-0.39, 0.29) is 63.9 Å². The van der Waals surface area contributed by atoms with E-state index in [1.54, 1.807) is 11.0 Å². The number of hydrogen-bond donors (Lipinski definition) is 2. The van der Waals surface area contributed by atoms with Gasteiger partial charge in [0, 0.05) is 63.7 Å². The molecular weight excluding hydrogens is 903 g/mol. The van der Waals surface area contributed by atoms with Crippen molar-refractivity contribution in [3.63, 3.8) is 0 Å². The molecule has 0 spiro atoms. The zero-order valence-electron chi connectivity index (χ0n) is 42.6. The minimum absolute atomic E-state index is 0.0735. The van der Waals surface area contributed by atoms with Crippen LogP contribution in [0.25, 0.3) is 0 Å². The number of benzene rings is 2. The number of fused-ring (bicyclic) bond motifs is 3. The zero-order chi connectivity index (χ0) is 49.3. The van der Waals surface area contributed by atoms with E-state index >= 15 is 4.79 Å². The van der Waals surface area contributed by atoms with Gasteiger partial charge < -0.3 is 48.2 Å². The lowest BCUT2D eigenvalue weighted by molar-refractivity contribution is -0.256. The second-order valence-electron chi connectivity index (χ2n) is 20.5. The molecule has 392 valence electrons. The summed E-state index contributed by atoms with van der Waals surface area (Å²) in [5.74, 6) is 0.785. The van der Waals surface area contributed by atoms with E-state index in [1.807, 2.05) is 30.3 Å². The number of nitrogens with zero attached hydrogens (tertiary/aromatic N) is 3. The highest BCUT2D eigenvalue weighted by atomic mass is 16.8. The summed E-state index contributed by atoms with van der Waals surface area (Å²) < 4.78 is 45.2. The first-order chi connectivity index (χ1) is 35.0. The van der Waals surface area contributed by atoms with Crippen LogP contribution in [0.5, 0.6) is 23.0 Å². The van der Waals surface area contributed by atoms with E-state index < -0.39 is 30.1 Å². The zero-order valence-corrected chi connectivity index (χ0v) is 42.6. The first-order valence-corrected chi connectivity index (χ1v) is 27.5. The fourth-order valence-electron chi connectivity index (χ4n) is 11.6. The summed E-state index contributed by atoms with van der Waals surface area (Å²) in [6, 6.07) is 11.2. The number of carbonyl (C=O) groups excluding carboxylic acids is 1. The second kappa shape index (κ2) is 27.1. The maximum absolute atomic E-state index is 15.2. The Morgan fingerprint density at radius 1 is 0.887 bits per heavy atom. The molecule has 7 atom stereocenters. The van der Waals surface area contributed by atoms with E-state index in [1.165, 1.54) is 44.9 Å². The van der Waals surface area contributed by atoms with Gasteiger partial charge in [0.1, 0.15) is 24.1 Å². The SMILES string of the molecule is C=CCOC12Oc3ccc(OCCN4CC4)cc3C3C(CCCCO)C(CCCCO)C=C(C(=NOC4CCCCO4)CC1N(Cc1ccc4c(c1)OCO4)C(=O)OCCCCCCCCCCCC)C32. The van der Waals surface area contributed by atoms with Crippen LogP contribution in [0.4, 0.5) is 4.79 Å². The fraction of sp³-hybridized carbons (Fsp3) is 0.684. The summed E-state index contributed by atoms with van der Waals surface area (Å²) in [6.45, 7) is 11.6. The number of allylic oxidation sites excluding steroid dienone is 1. The number of rotatable bonds is 31. The quantitative estimate of drug-likeness (QED) is 0.0320. The number of unbranched alkanes of at least 4 members (excludes halogenated alkanes) is 11. The van der Waals surface area contributed by atoms with E-state index in [4.69, 9.17) is 43.2 Å². The van der Waals surface area contributed by atoms with Crippen LogP contribution in [0.15, 0.2) is 65.9 Å². The number of ether oxygens (including phenoxy) is 7. The Kier molecular flexibility index (Phi) is 20.2. The summed E-state index contributed by atoms with van der Waals surface area (Å²) in [6.07, 6.45) is 22.5. The maximum Gasteiger partial charge on any atom is 0.410 e. The van der Waals surface area contributed by atoms with Crippen LogP contribution in [0, 0.1) is 17.8 Å². The van der Waals surface area contributed by atoms with E-state index in [0.717, 1.165) is 106 Å². The summed E-state index contributed by atoms with van der Waals surface area (Å²) in [5.41, 5.74) is 3.54. The Balaban J connectivity index is 1.20. The van der Waals surface area contributed by atoms with Gasteiger partial charge in [-0.25, -0.2) is 4.79 Å². The van der Waals surface area contributed by atoms with Gasteiger partial charge >= 0.3 is 6.09 Å². The molecule has 6 aliphatic rings. The van der Waals surface area contributed by atoms with Gasteiger partial charge in [-0.2, -0.15) is 0 Å². The predicted octanol–water partition coefficient (Wildman–Crippen LogP) is 10.8. The Labute approximate surface area is 423 Å². The van der Waals surface area contributed by atoms with E-state index in [9.17, 15) is 10.2 Å². The lowest BCUT2D eigenvalue weighted by atomic mass is 9.55. The largest absolute Gasteiger partial charge is 0.492 e. The van der Waals surface area contributed by atoms with Gasteiger partial charge in [-0.1, -0.05) is 101 Å². The molecule has 2 saturated heterocycles. The van der Waals surface area contributed by atoms with Gasteiger partial charge in [-0.15, -0.1) is 6.58 Å². The topological polar surface area (TPSA) is 150 Å². The minimum Gasteiger partial charge on any atom is -0.492 e. The number of amides is 1. The number of hydrogen-bond acceptors (Lipinski definition) is 13. The summed E-state index contributed by atoms with van der Waals surface area (Å²) >= 11 is 0. The highest BCUT2D eigenvalue weighted by Crippen LogP contribution is 2.62. The highest BCUT2D eigenvalue weighted by molar-refractivity contribution is 6.03. The van der Waals surface area contributed by atoms with Crippen molar-refractivity contribution in [2.45, 2.75) is 166 Å². The van der Waals surface area contributed by atoms with Crippen molar-refractivity contribution in [3.05, 3.63) is 71.8 Å². The lowest BCUT2D eigenvalue weighted by Crippen LogP contribution is -2.70. The highest BCUT2D eigenvalue weighted by Gasteiger charge is 2.66. The average Bonchev–Trinajstić information content (AvgIpc) is 4.10. The number of carbonyl (C=O) groups is 1. The molecule has 8 rings (SSSR count). The second-order valence-corrected chi connectivity index (χ2v) is 20.5. The van der Waals surface area contributed by atoms with E-state index in [0.29, 0.717) is 49.0 Å². The smallest absolute Gasteiger partial charge is 0.410 e. The minimum atomic E-state index is -1.45. The molecule has 2 aliphatic carbocycles. The molecule has 71 heavy (non-hydrogen) atoms. The van der Waals surface area contributed by atoms with Gasteiger partial charge in [0.25, 0.3) is 0 Å². The number of oxime groups is 1. The molecule has 0 aromatic heterocycles. The normalized spacial score (nSPS) is 25.7. The molecule has 2 aromatic rings. The molecule has 2 aromatic carbocycles. The van der Waals surface area contributed by atoms with Crippen LogP contribution in [-0.4, -0.2) is 116 Å². The first-order valence-electron chi connectivity index (χ1n) is 27.5. The lowest BCUT2D eigenvalue weighted by Gasteiger charge is -2.60. The monoisotopic (exact) mass is 986 g/mol. The van der Waals surface area contributed by atoms with Crippen LogP contribution in [-0.2, 0) is 25.6 Å². The van der Waals surface area contributed by atoms with Gasteiger partial charge in [-0.3, -0.25) is 9.80 Å². The standard InChI is InChI=1S/C57H83N3O11/c1-3-5-6-7-8-9-10-11-12-18-34-66-56(63)60(40-42-23-25-50-51(36-42)68-41-67-50)52-39-48(58-71-53-22-15-19-33-65-53)46-37-43(20-13-16-30-61)45(21-14-17-31-62)54-47-38-44(64-35-29-59-27-28-59)24-26-49(47)70-57(52,55(46)54)69-32-4-2/h4,23-26,36-38,43,45,52-55,61-62H,2-3,5-22,27-35,39-41H2,1H3. The van der Waals surface area contributed by atoms with Crippen LogP contribution >= 0.6 is 0 Å². The van der Waals surface area contributed by atoms with Crippen molar-refractivity contribution in [1.29, 1.82) is 0 Å². The van der Waals surface area contributed by atoms with Gasteiger partial charge in [0.05, 0.1) is 31.5 Å². The maximum atomic E-state index is 15.2. The first kappa shape index (κ1) is 53.0. The van der Waals surface area contributed by atoms with Crippen LogP contribution in [0.1, 0.15) is 152 Å². The molecule has 2 N–H and O–H groups in total. The summed E-state index contributed by atoms with van der Waals surface area (Å²) in [7, 11) is 0. The molecule has 7 unspecified atom stereocenters. The predicted molar refractivity (Wildman–Crippen MR) is 273 cm³/mol. The summed E-state index contributed by atoms with van der Waals surface area (Å²) in [5, 5.41) is 25.2. The third-order valence-electron chi connectivity index (χ3n) is 15.4. The van der Waals surface area contributed by atoms with Crippen LogP contribution < -0.4 is 18.9 Å². The molecule has 14 heteroatoms. The molecule has 4 heterocycles. The Morgan fingerprint density at radius 3 is 2.39 bits per heavy atom. The molecular formula is C57H83N3O11. The Hall–Kier alpha value is -4.34.